The summed E-state index contributed by atoms with van der Waals surface area (Å²) in [6.45, 7) is 1.28. The number of aromatic nitrogens is 5. The quantitative estimate of drug-likeness (QED) is 0.455. The number of para-hydroxylation sites is 1. The Labute approximate surface area is 168 Å². The maximum Gasteiger partial charge on any atom is 0.183 e. The summed E-state index contributed by atoms with van der Waals surface area (Å²) in [5.41, 5.74) is 2.45. The minimum Gasteiger partial charge on any atom is -0.491 e. The van der Waals surface area contributed by atoms with Crippen molar-refractivity contribution in [3.8, 4) is 34.3 Å². The lowest BCUT2D eigenvalue weighted by molar-refractivity contribution is 0.306. The van der Waals surface area contributed by atoms with Gasteiger partial charge in [0.2, 0.25) is 0 Å². The highest BCUT2D eigenvalue weighted by atomic mass is 79.9. The number of benzene rings is 2. The molecule has 1 aliphatic heterocycles. The summed E-state index contributed by atoms with van der Waals surface area (Å²) in [5, 5.41) is 4.95. The lowest BCUT2D eigenvalue weighted by atomic mass is 10.2. The van der Waals surface area contributed by atoms with Crippen molar-refractivity contribution in [1.29, 1.82) is 0 Å². The third-order valence-corrected chi connectivity index (χ3v) is 5.22. The van der Waals surface area contributed by atoms with Crippen LogP contribution in [0.3, 0.4) is 0 Å². The van der Waals surface area contributed by atoms with Gasteiger partial charge in [-0.1, -0.05) is 39.7 Å². The molecule has 4 aromatic rings. The number of rotatable bonds is 2. The molecule has 5 rings (SSSR count). The first-order valence-corrected chi connectivity index (χ1v) is 9.53. The maximum absolute atomic E-state index is 6.34. The second-order valence-electron chi connectivity index (χ2n) is 6.08. The minimum absolute atomic E-state index is 0.573. The third-order valence-electron chi connectivity index (χ3n) is 4.41. The zero-order valence-corrected chi connectivity index (χ0v) is 16.4. The number of hydrogen-bond acceptors (Lipinski definition) is 4. The Bertz CT molecular complexity index is 1150. The van der Waals surface area contributed by atoms with E-state index in [9.17, 15) is 0 Å². The van der Waals surface area contributed by atoms with Gasteiger partial charge in [0, 0.05) is 10.7 Å². The number of fused-ring (bicyclic) bond motifs is 3. The molecule has 0 saturated heterocycles. The average Bonchev–Trinajstić information content (AvgIpc) is 3.26. The Balaban J connectivity index is 1.65. The van der Waals surface area contributed by atoms with Crippen LogP contribution in [0.1, 0.15) is 0 Å². The van der Waals surface area contributed by atoms with E-state index in [2.05, 4.69) is 30.6 Å². The van der Waals surface area contributed by atoms with Gasteiger partial charge in [0.1, 0.15) is 30.2 Å². The van der Waals surface area contributed by atoms with Gasteiger partial charge in [0.25, 0.3) is 0 Å². The van der Waals surface area contributed by atoms with E-state index in [4.69, 9.17) is 21.3 Å². The van der Waals surface area contributed by atoms with Crippen LogP contribution < -0.4 is 4.74 Å². The molecule has 3 heterocycles. The van der Waals surface area contributed by atoms with Crippen molar-refractivity contribution in [2.75, 3.05) is 6.61 Å². The molecule has 0 spiro atoms. The molecule has 0 radical (unpaired) electrons. The normalized spacial score (nSPS) is 12.8. The summed E-state index contributed by atoms with van der Waals surface area (Å²) >= 11 is 9.84. The number of ether oxygens (including phenoxy) is 1. The van der Waals surface area contributed by atoms with E-state index in [-0.39, 0.29) is 0 Å². The van der Waals surface area contributed by atoms with Crippen molar-refractivity contribution in [3.63, 3.8) is 0 Å². The standard InChI is InChI=1S/C19H13BrClN5O/c20-12-5-6-13-17(9-12)27-8-7-25-10-15(24-18(13)25)19-22-11-23-26(19)16-4-2-1-3-14(16)21/h1-6,9-11H,7-8H2. The molecule has 134 valence electrons. The summed E-state index contributed by atoms with van der Waals surface area (Å²) in [4.78, 5) is 9.26. The van der Waals surface area contributed by atoms with Crippen LogP contribution in [0.4, 0.5) is 0 Å². The van der Waals surface area contributed by atoms with Crippen LogP contribution in [0.25, 0.3) is 28.6 Å². The molecule has 2 aromatic heterocycles. The number of halogens is 2. The first-order valence-electron chi connectivity index (χ1n) is 8.36. The van der Waals surface area contributed by atoms with Gasteiger partial charge >= 0.3 is 0 Å². The van der Waals surface area contributed by atoms with Crippen LogP contribution in [0.2, 0.25) is 5.02 Å². The molecule has 0 bridgehead atoms. The lowest BCUT2D eigenvalue weighted by Gasteiger charge is -2.07. The molecule has 0 unspecified atom stereocenters. The Kier molecular flexibility index (Phi) is 3.98. The Morgan fingerprint density at radius 2 is 2.00 bits per heavy atom. The molecular formula is C19H13BrClN5O. The van der Waals surface area contributed by atoms with Crippen LogP contribution in [-0.4, -0.2) is 30.9 Å². The Hall–Kier alpha value is -2.64. The molecule has 8 heteroatoms. The highest BCUT2D eigenvalue weighted by molar-refractivity contribution is 9.10. The fourth-order valence-electron chi connectivity index (χ4n) is 3.18. The van der Waals surface area contributed by atoms with E-state index >= 15 is 0 Å². The summed E-state index contributed by atoms with van der Waals surface area (Å²) in [5.74, 6) is 2.30. The summed E-state index contributed by atoms with van der Waals surface area (Å²) in [7, 11) is 0. The molecule has 0 amide bonds. The molecule has 0 atom stereocenters. The van der Waals surface area contributed by atoms with Crippen molar-refractivity contribution >= 4 is 27.5 Å². The molecule has 0 aliphatic carbocycles. The highest BCUT2D eigenvalue weighted by Crippen LogP contribution is 2.35. The Morgan fingerprint density at radius 3 is 2.89 bits per heavy atom. The van der Waals surface area contributed by atoms with Crippen LogP contribution in [0.5, 0.6) is 5.75 Å². The fraction of sp³-hybridized carbons (Fsp3) is 0.105. The predicted octanol–water partition coefficient (Wildman–Crippen LogP) is 4.61. The van der Waals surface area contributed by atoms with Crippen LogP contribution in [0, 0.1) is 0 Å². The molecule has 0 saturated carbocycles. The second-order valence-corrected chi connectivity index (χ2v) is 7.40. The average molecular weight is 443 g/mol. The van der Waals surface area contributed by atoms with E-state index < -0.39 is 0 Å². The molecule has 2 aromatic carbocycles. The van der Waals surface area contributed by atoms with Crippen molar-refractivity contribution in [1.82, 2.24) is 24.3 Å². The summed E-state index contributed by atoms with van der Waals surface area (Å²) in [6, 6.07) is 13.5. The molecule has 6 nitrogen and oxygen atoms in total. The molecule has 0 N–H and O–H groups in total. The molecule has 0 fully saturated rings. The lowest BCUT2D eigenvalue weighted by Crippen LogP contribution is -2.04. The monoisotopic (exact) mass is 441 g/mol. The van der Waals surface area contributed by atoms with Crippen LogP contribution >= 0.6 is 27.5 Å². The van der Waals surface area contributed by atoms with E-state index in [1.807, 2.05) is 48.7 Å². The van der Waals surface area contributed by atoms with Gasteiger partial charge in [-0.3, -0.25) is 0 Å². The van der Waals surface area contributed by atoms with Crippen LogP contribution in [0.15, 0.2) is 59.5 Å². The van der Waals surface area contributed by atoms with Gasteiger partial charge in [0.15, 0.2) is 5.82 Å². The van der Waals surface area contributed by atoms with E-state index in [1.54, 1.807) is 4.68 Å². The van der Waals surface area contributed by atoms with E-state index in [0.717, 1.165) is 33.0 Å². The summed E-state index contributed by atoms with van der Waals surface area (Å²) < 4.78 is 10.6. The topological polar surface area (TPSA) is 57.8 Å². The van der Waals surface area contributed by atoms with Gasteiger partial charge in [-0.15, -0.1) is 0 Å². The number of nitrogens with zero attached hydrogens (tertiary/aromatic N) is 5. The first kappa shape index (κ1) is 16.5. The van der Waals surface area contributed by atoms with Gasteiger partial charge < -0.3 is 9.30 Å². The summed E-state index contributed by atoms with van der Waals surface area (Å²) in [6.07, 6.45) is 3.49. The van der Waals surface area contributed by atoms with Gasteiger partial charge in [-0.25, -0.2) is 14.6 Å². The van der Waals surface area contributed by atoms with Gasteiger partial charge in [-0.2, -0.15) is 5.10 Å². The van der Waals surface area contributed by atoms with Gasteiger partial charge in [-0.05, 0) is 30.3 Å². The van der Waals surface area contributed by atoms with Crippen molar-refractivity contribution < 1.29 is 4.74 Å². The third kappa shape index (κ3) is 2.83. The first-order chi connectivity index (χ1) is 13.2. The molecule has 1 aliphatic rings. The largest absolute Gasteiger partial charge is 0.491 e. The van der Waals surface area contributed by atoms with Crippen molar-refractivity contribution in [2.45, 2.75) is 6.54 Å². The molecule has 27 heavy (non-hydrogen) atoms. The van der Waals surface area contributed by atoms with E-state index in [1.165, 1.54) is 6.33 Å². The fourth-order valence-corrected chi connectivity index (χ4v) is 3.74. The SMILES string of the molecule is Clc1ccccc1-n1ncnc1-c1cn2c(n1)-c1ccc(Br)cc1OCC2. The van der Waals surface area contributed by atoms with E-state index in [0.29, 0.717) is 24.0 Å². The Morgan fingerprint density at radius 1 is 1.11 bits per heavy atom. The number of hydrogen-bond donors (Lipinski definition) is 0. The highest BCUT2D eigenvalue weighted by Gasteiger charge is 2.21. The predicted molar refractivity (Wildman–Crippen MR) is 106 cm³/mol. The van der Waals surface area contributed by atoms with Crippen LogP contribution in [-0.2, 0) is 6.54 Å². The number of imidazole rings is 1. The van der Waals surface area contributed by atoms with Crippen molar-refractivity contribution in [3.05, 3.63) is 64.5 Å². The zero-order chi connectivity index (χ0) is 18.4. The maximum atomic E-state index is 6.34. The zero-order valence-electron chi connectivity index (χ0n) is 14.0. The second kappa shape index (κ2) is 6.51. The smallest absolute Gasteiger partial charge is 0.183 e. The minimum atomic E-state index is 0.573. The molecular weight excluding hydrogens is 430 g/mol. The van der Waals surface area contributed by atoms with Crippen molar-refractivity contribution in [2.24, 2.45) is 0 Å². The van der Waals surface area contributed by atoms with Gasteiger partial charge in [0.05, 0.1) is 22.8 Å².